The van der Waals surface area contributed by atoms with E-state index in [0.717, 1.165) is 22.3 Å². The van der Waals surface area contributed by atoms with Crippen molar-refractivity contribution in [1.29, 1.82) is 0 Å². The summed E-state index contributed by atoms with van der Waals surface area (Å²) < 4.78 is 28.0. The van der Waals surface area contributed by atoms with Crippen LogP contribution >= 0.6 is 0 Å². The number of aryl methyl sites for hydroxylation is 2. The number of rotatable bonds is 5. The van der Waals surface area contributed by atoms with Crippen molar-refractivity contribution in [1.82, 2.24) is 9.62 Å². The largest absolute Gasteiger partial charge is 0.394 e. The van der Waals surface area contributed by atoms with Crippen molar-refractivity contribution < 1.29 is 18.3 Å². The quantitative estimate of drug-likeness (QED) is 0.813. The summed E-state index contributed by atoms with van der Waals surface area (Å²) in [5.41, 5.74) is 3.53. The molecule has 0 aliphatic carbocycles. The van der Waals surface area contributed by atoms with Gasteiger partial charge in [-0.1, -0.05) is 6.07 Å². The summed E-state index contributed by atoms with van der Waals surface area (Å²) in [4.78, 5) is 12.6. The molecule has 1 heterocycles. The van der Waals surface area contributed by atoms with E-state index in [9.17, 15) is 13.2 Å². The molecule has 26 heavy (non-hydrogen) atoms. The van der Waals surface area contributed by atoms with E-state index in [1.54, 1.807) is 6.92 Å². The van der Waals surface area contributed by atoms with Gasteiger partial charge in [-0.15, -0.1) is 0 Å². The summed E-state index contributed by atoms with van der Waals surface area (Å²) in [5.74, 6) is -0.320. The lowest BCUT2D eigenvalue weighted by Gasteiger charge is -2.32. The molecule has 0 unspecified atom stereocenters. The molecule has 6 nitrogen and oxygen atoms in total. The Bertz CT molecular complexity index is 755. The molecule has 1 saturated heterocycles. The van der Waals surface area contributed by atoms with Crippen LogP contribution in [0.25, 0.3) is 0 Å². The van der Waals surface area contributed by atoms with E-state index in [1.165, 1.54) is 4.31 Å². The Kier molecular flexibility index (Phi) is 6.47. The SMILES string of the molecule is Cc1cc(C)c(C)c(S(=O)(=O)N2CCC(C(=O)N[C@@H](C)CO)CC2)c1C. The lowest BCUT2D eigenvalue weighted by atomic mass is 9.97. The molecule has 146 valence electrons. The summed E-state index contributed by atoms with van der Waals surface area (Å²) in [6.07, 6.45) is 0.984. The molecule has 1 aliphatic heterocycles. The normalized spacial score (nSPS) is 17.9. The minimum atomic E-state index is -3.58. The number of aliphatic hydroxyl groups excluding tert-OH is 1. The minimum absolute atomic E-state index is 0.107. The number of nitrogens with one attached hydrogen (secondary N) is 1. The molecule has 0 bridgehead atoms. The zero-order valence-corrected chi connectivity index (χ0v) is 17.1. The van der Waals surface area contributed by atoms with E-state index in [1.807, 2.05) is 33.8 Å². The van der Waals surface area contributed by atoms with E-state index in [4.69, 9.17) is 5.11 Å². The summed E-state index contributed by atoms with van der Waals surface area (Å²) >= 11 is 0. The average Bonchev–Trinajstić information content (AvgIpc) is 2.60. The van der Waals surface area contributed by atoms with E-state index in [-0.39, 0.29) is 24.5 Å². The zero-order valence-electron chi connectivity index (χ0n) is 16.3. The molecule has 0 aromatic heterocycles. The molecule has 2 rings (SSSR count). The average molecular weight is 383 g/mol. The van der Waals surface area contributed by atoms with E-state index in [2.05, 4.69) is 5.32 Å². The number of benzene rings is 1. The Morgan fingerprint density at radius 2 is 1.69 bits per heavy atom. The van der Waals surface area contributed by atoms with Gasteiger partial charge < -0.3 is 10.4 Å². The third-order valence-electron chi connectivity index (χ3n) is 5.38. The maximum atomic E-state index is 13.2. The smallest absolute Gasteiger partial charge is 0.243 e. The predicted octanol–water partition coefficient (Wildman–Crippen LogP) is 1.82. The van der Waals surface area contributed by atoms with Gasteiger partial charge in [0.05, 0.1) is 11.5 Å². The number of piperidine rings is 1. The van der Waals surface area contributed by atoms with Crippen molar-refractivity contribution in [3.63, 3.8) is 0 Å². The minimum Gasteiger partial charge on any atom is -0.394 e. The first kappa shape index (κ1) is 20.9. The highest BCUT2D eigenvalue weighted by atomic mass is 32.2. The molecule has 1 aromatic carbocycles. The van der Waals surface area contributed by atoms with Gasteiger partial charge in [-0.05, 0) is 69.7 Å². The summed E-state index contributed by atoms with van der Waals surface area (Å²) in [6, 6.07) is 1.73. The highest BCUT2D eigenvalue weighted by Gasteiger charge is 2.34. The molecule has 1 amide bonds. The van der Waals surface area contributed by atoms with E-state index >= 15 is 0 Å². The van der Waals surface area contributed by atoms with Crippen LogP contribution in [0.3, 0.4) is 0 Å². The van der Waals surface area contributed by atoms with Gasteiger partial charge >= 0.3 is 0 Å². The molecular weight excluding hydrogens is 352 g/mol. The van der Waals surface area contributed by atoms with Gasteiger partial charge in [0, 0.05) is 25.0 Å². The molecule has 2 N–H and O–H groups in total. The van der Waals surface area contributed by atoms with Gasteiger partial charge in [-0.25, -0.2) is 8.42 Å². The van der Waals surface area contributed by atoms with E-state index in [0.29, 0.717) is 30.8 Å². The molecule has 0 saturated carbocycles. The van der Waals surface area contributed by atoms with Crippen molar-refractivity contribution >= 4 is 15.9 Å². The van der Waals surface area contributed by atoms with Gasteiger partial charge in [0.15, 0.2) is 0 Å². The number of carbonyl (C=O) groups is 1. The number of carbonyl (C=O) groups excluding carboxylic acids is 1. The number of aliphatic hydroxyl groups is 1. The van der Waals surface area contributed by atoms with Crippen LogP contribution < -0.4 is 5.32 Å². The molecule has 1 atom stereocenters. The Morgan fingerprint density at radius 1 is 1.19 bits per heavy atom. The highest BCUT2D eigenvalue weighted by Crippen LogP contribution is 2.31. The third-order valence-corrected chi connectivity index (χ3v) is 7.56. The molecule has 0 radical (unpaired) electrons. The Balaban J connectivity index is 2.18. The van der Waals surface area contributed by atoms with Crippen LogP contribution in [-0.4, -0.2) is 49.5 Å². The molecule has 1 fully saturated rings. The van der Waals surface area contributed by atoms with Crippen LogP contribution in [0.15, 0.2) is 11.0 Å². The summed E-state index contributed by atoms with van der Waals surface area (Å²) in [6.45, 7) is 9.86. The molecule has 7 heteroatoms. The fraction of sp³-hybridized carbons (Fsp3) is 0.632. The number of nitrogens with zero attached hydrogens (tertiary/aromatic N) is 1. The van der Waals surface area contributed by atoms with Gasteiger partial charge in [-0.3, -0.25) is 4.79 Å². The van der Waals surface area contributed by atoms with Crippen LogP contribution in [0, 0.1) is 33.6 Å². The molecular formula is C19H30N2O4S. The first-order valence-corrected chi connectivity index (χ1v) is 10.5. The summed E-state index contributed by atoms with van der Waals surface area (Å²) in [5, 5.41) is 11.8. The van der Waals surface area contributed by atoms with Crippen LogP contribution in [0.1, 0.15) is 42.0 Å². The number of hydrogen-bond acceptors (Lipinski definition) is 4. The Labute approximate surface area is 156 Å². The first-order chi connectivity index (χ1) is 12.1. The number of hydrogen-bond donors (Lipinski definition) is 2. The van der Waals surface area contributed by atoms with Crippen LogP contribution in [0.4, 0.5) is 0 Å². The lowest BCUT2D eigenvalue weighted by molar-refractivity contribution is -0.127. The molecule has 0 spiro atoms. The standard InChI is InChI=1S/C19H30N2O4S/c1-12-10-13(2)16(5)18(15(12)4)26(24,25)21-8-6-17(7-9-21)19(23)20-14(3)11-22/h10,14,17,22H,6-9,11H2,1-5H3,(H,20,23)/t14-/m0/s1. The second kappa shape index (κ2) is 8.06. The summed E-state index contributed by atoms with van der Waals surface area (Å²) in [7, 11) is -3.58. The van der Waals surface area contributed by atoms with Crippen LogP contribution in [0.5, 0.6) is 0 Å². The van der Waals surface area contributed by atoms with Crippen LogP contribution in [-0.2, 0) is 14.8 Å². The number of amides is 1. The van der Waals surface area contributed by atoms with Crippen molar-refractivity contribution in [3.8, 4) is 0 Å². The fourth-order valence-corrected chi connectivity index (χ4v) is 5.51. The fourth-order valence-electron chi connectivity index (χ4n) is 3.46. The van der Waals surface area contributed by atoms with Crippen molar-refractivity contribution in [2.24, 2.45) is 5.92 Å². The van der Waals surface area contributed by atoms with Gasteiger partial charge in [0.1, 0.15) is 0 Å². The van der Waals surface area contributed by atoms with Gasteiger partial charge in [0.2, 0.25) is 15.9 Å². The third kappa shape index (κ3) is 4.10. The van der Waals surface area contributed by atoms with Crippen molar-refractivity contribution in [2.75, 3.05) is 19.7 Å². The van der Waals surface area contributed by atoms with E-state index < -0.39 is 10.0 Å². The number of sulfonamides is 1. The highest BCUT2D eigenvalue weighted by molar-refractivity contribution is 7.89. The topological polar surface area (TPSA) is 86.7 Å². The second-order valence-corrected chi connectivity index (χ2v) is 9.23. The maximum absolute atomic E-state index is 13.2. The lowest BCUT2D eigenvalue weighted by Crippen LogP contribution is -2.45. The van der Waals surface area contributed by atoms with Crippen molar-refractivity contribution in [2.45, 2.75) is 58.4 Å². The zero-order chi connectivity index (χ0) is 19.6. The van der Waals surface area contributed by atoms with Gasteiger partial charge in [0.25, 0.3) is 0 Å². The maximum Gasteiger partial charge on any atom is 0.243 e. The van der Waals surface area contributed by atoms with Crippen molar-refractivity contribution in [3.05, 3.63) is 28.3 Å². The monoisotopic (exact) mass is 382 g/mol. The Morgan fingerprint density at radius 3 is 2.15 bits per heavy atom. The molecule has 1 aromatic rings. The first-order valence-electron chi connectivity index (χ1n) is 9.08. The Hall–Kier alpha value is -1.44. The second-order valence-electron chi connectivity index (χ2n) is 7.36. The predicted molar refractivity (Wildman–Crippen MR) is 102 cm³/mol. The molecule has 1 aliphatic rings. The van der Waals surface area contributed by atoms with Crippen LogP contribution in [0.2, 0.25) is 0 Å². The van der Waals surface area contributed by atoms with Gasteiger partial charge in [-0.2, -0.15) is 4.31 Å².